The van der Waals surface area contributed by atoms with Crippen LogP contribution in [0.15, 0.2) is 18.2 Å². The molecule has 0 radical (unpaired) electrons. The number of rotatable bonds is 5. The van der Waals surface area contributed by atoms with E-state index in [9.17, 15) is 18.8 Å². The first-order valence-electron chi connectivity index (χ1n) is 6.31. The molecule has 1 aromatic carbocycles. The Morgan fingerprint density at radius 1 is 1.41 bits per heavy atom. The SMILES string of the molecule is CC(C)OC(=O)COc1nc(-c2ccc(F)cc2F)n(O)n1. The van der Waals surface area contributed by atoms with Crippen molar-refractivity contribution in [2.24, 2.45) is 0 Å². The molecule has 0 aliphatic carbocycles. The van der Waals surface area contributed by atoms with Gasteiger partial charge in [-0.25, -0.2) is 13.6 Å². The Kier molecular flexibility index (Phi) is 4.54. The molecular formula is C13H13F2N3O4. The second-order valence-electron chi connectivity index (χ2n) is 4.56. The van der Waals surface area contributed by atoms with Gasteiger partial charge in [0.15, 0.2) is 6.61 Å². The summed E-state index contributed by atoms with van der Waals surface area (Å²) < 4.78 is 36.3. The predicted octanol–water partition coefficient (Wildman–Crippen LogP) is 1.79. The van der Waals surface area contributed by atoms with Gasteiger partial charge in [0, 0.05) is 6.07 Å². The van der Waals surface area contributed by atoms with Gasteiger partial charge in [-0.15, -0.1) is 0 Å². The number of esters is 1. The first-order chi connectivity index (χ1) is 10.4. The molecule has 7 nitrogen and oxygen atoms in total. The van der Waals surface area contributed by atoms with E-state index in [2.05, 4.69) is 10.1 Å². The second-order valence-corrected chi connectivity index (χ2v) is 4.56. The number of benzene rings is 1. The number of carbonyl (C=O) groups is 1. The van der Waals surface area contributed by atoms with Gasteiger partial charge in [-0.05, 0) is 26.0 Å². The molecule has 22 heavy (non-hydrogen) atoms. The fourth-order valence-corrected chi connectivity index (χ4v) is 1.61. The highest BCUT2D eigenvalue weighted by molar-refractivity contribution is 5.71. The highest BCUT2D eigenvalue weighted by Gasteiger charge is 2.18. The monoisotopic (exact) mass is 313 g/mol. The molecule has 0 saturated carbocycles. The topological polar surface area (TPSA) is 86.5 Å². The van der Waals surface area contributed by atoms with Crippen LogP contribution in [0.5, 0.6) is 6.01 Å². The third-order valence-corrected chi connectivity index (χ3v) is 2.43. The van der Waals surface area contributed by atoms with Gasteiger partial charge in [0.25, 0.3) is 0 Å². The fourth-order valence-electron chi connectivity index (χ4n) is 1.61. The highest BCUT2D eigenvalue weighted by Crippen LogP contribution is 2.22. The van der Waals surface area contributed by atoms with E-state index in [1.54, 1.807) is 13.8 Å². The van der Waals surface area contributed by atoms with Crippen LogP contribution < -0.4 is 4.74 Å². The van der Waals surface area contributed by atoms with Crippen LogP contribution in [0.2, 0.25) is 0 Å². The van der Waals surface area contributed by atoms with Crippen molar-refractivity contribution in [2.45, 2.75) is 20.0 Å². The van der Waals surface area contributed by atoms with Gasteiger partial charge in [-0.2, -0.15) is 4.98 Å². The first-order valence-corrected chi connectivity index (χ1v) is 6.31. The number of halogens is 2. The molecule has 0 aliphatic rings. The fraction of sp³-hybridized carbons (Fsp3) is 0.308. The number of hydrogen-bond acceptors (Lipinski definition) is 6. The molecule has 0 atom stereocenters. The van der Waals surface area contributed by atoms with E-state index < -0.39 is 24.2 Å². The van der Waals surface area contributed by atoms with E-state index in [1.807, 2.05) is 0 Å². The minimum absolute atomic E-state index is 0.170. The third kappa shape index (κ3) is 3.68. The average molecular weight is 313 g/mol. The van der Waals surface area contributed by atoms with E-state index in [0.717, 1.165) is 12.1 Å². The van der Waals surface area contributed by atoms with E-state index >= 15 is 0 Å². The Morgan fingerprint density at radius 2 is 2.14 bits per heavy atom. The van der Waals surface area contributed by atoms with Gasteiger partial charge in [-0.1, -0.05) is 9.94 Å². The van der Waals surface area contributed by atoms with Crippen molar-refractivity contribution >= 4 is 5.97 Å². The van der Waals surface area contributed by atoms with Crippen LogP contribution in [0.25, 0.3) is 11.4 Å². The summed E-state index contributed by atoms with van der Waals surface area (Å²) in [6, 6.07) is 2.40. The third-order valence-electron chi connectivity index (χ3n) is 2.43. The van der Waals surface area contributed by atoms with Crippen LogP contribution in [-0.2, 0) is 9.53 Å². The average Bonchev–Trinajstić information content (AvgIpc) is 2.77. The Balaban J connectivity index is 2.13. The molecule has 0 unspecified atom stereocenters. The van der Waals surface area contributed by atoms with E-state index in [1.165, 1.54) is 0 Å². The predicted molar refractivity (Wildman–Crippen MR) is 69.3 cm³/mol. The summed E-state index contributed by atoms with van der Waals surface area (Å²) in [5.74, 6) is -2.62. The summed E-state index contributed by atoms with van der Waals surface area (Å²) in [4.78, 5) is 15.3. The van der Waals surface area contributed by atoms with Crippen molar-refractivity contribution < 1.29 is 28.3 Å². The summed E-state index contributed by atoms with van der Waals surface area (Å²) in [5, 5.41) is 13.0. The molecule has 1 N–H and O–H groups in total. The summed E-state index contributed by atoms with van der Waals surface area (Å²) in [6.45, 7) is 2.88. The highest BCUT2D eigenvalue weighted by atomic mass is 19.1. The molecule has 0 fully saturated rings. The number of aromatic nitrogens is 3. The van der Waals surface area contributed by atoms with Gasteiger partial charge in [0.05, 0.1) is 11.7 Å². The van der Waals surface area contributed by atoms with Gasteiger partial charge in [-0.3, -0.25) is 0 Å². The van der Waals surface area contributed by atoms with Crippen molar-refractivity contribution in [1.29, 1.82) is 0 Å². The number of nitrogens with zero attached hydrogens (tertiary/aromatic N) is 3. The van der Waals surface area contributed by atoms with Crippen LogP contribution in [-0.4, -0.2) is 38.8 Å². The van der Waals surface area contributed by atoms with Gasteiger partial charge < -0.3 is 14.7 Å². The summed E-state index contributed by atoms with van der Waals surface area (Å²) in [5.41, 5.74) is -0.170. The molecule has 0 bridgehead atoms. The zero-order valence-electron chi connectivity index (χ0n) is 11.8. The molecule has 1 heterocycles. The molecule has 0 spiro atoms. The van der Waals surface area contributed by atoms with Crippen molar-refractivity contribution in [1.82, 2.24) is 14.9 Å². The lowest BCUT2D eigenvalue weighted by molar-refractivity contribution is -0.149. The normalized spacial score (nSPS) is 10.8. The van der Waals surface area contributed by atoms with Crippen molar-refractivity contribution in [3.63, 3.8) is 0 Å². The molecule has 118 valence electrons. The Hall–Kier alpha value is -2.71. The molecule has 1 aromatic heterocycles. The molecule has 0 saturated heterocycles. The largest absolute Gasteiger partial charge is 0.460 e. The lowest BCUT2D eigenvalue weighted by Crippen LogP contribution is -2.19. The Bertz CT molecular complexity index is 688. The van der Waals surface area contributed by atoms with Crippen LogP contribution in [0.3, 0.4) is 0 Å². The molecule has 9 heteroatoms. The zero-order valence-corrected chi connectivity index (χ0v) is 11.8. The zero-order chi connectivity index (χ0) is 16.3. The van der Waals surface area contributed by atoms with Crippen LogP contribution >= 0.6 is 0 Å². The second kappa shape index (κ2) is 6.37. The molecular weight excluding hydrogens is 300 g/mol. The standard InChI is InChI=1S/C13H13F2N3O4/c1-7(2)22-11(19)6-21-13-16-12(18(20)17-13)9-4-3-8(14)5-10(9)15/h3-5,7,20H,6H2,1-2H3. The quantitative estimate of drug-likeness (QED) is 0.669. The Labute approximate surface area is 124 Å². The van der Waals surface area contributed by atoms with E-state index in [-0.39, 0.29) is 28.3 Å². The maximum Gasteiger partial charge on any atom is 0.344 e. The van der Waals surface area contributed by atoms with Gasteiger partial charge in [0.1, 0.15) is 11.6 Å². The van der Waals surface area contributed by atoms with Crippen LogP contribution in [0.4, 0.5) is 8.78 Å². The maximum absolute atomic E-state index is 13.6. The summed E-state index contributed by atoms with van der Waals surface area (Å²) in [6.07, 6.45) is -0.302. The molecule has 0 amide bonds. The maximum atomic E-state index is 13.6. The minimum atomic E-state index is -0.923. The van der Waals surface area contributed by atoms with Gasteiger partial charge in [0.2, 0.25) is 5.82 Å². The number of carbonyl (C=O) groups excluding carboxylic acids is 1. The van der Waals surface area contributed by atoms with Gasteiger partial charge >= 0.3 is 12.0 Å². The lowest BCUT2D eigenvalue weighted by Gasteiger charge is -2.06. The van der Waals surface area contributed by atoms with Crippen molar-refractivity contribution in [3.05, 3.63) is 29.8 Å². The summed E-state index contributed by atoms with van der Waals surface area (Å²) >= 11 is 0. The smallest absolute Gasteiger partial charge is 0.344 e. The number of ether oxygens (including phenoxy) is 2. The number of hydrogen-bond donors (Lipinski definition) is 1. The molecule has 2 aromatic rings. The van der Waals surface area contributed by atoms with Crippen molar-refractivity contribution in [2.75, 3.05) is 6.61 Å². The lowest BCUT2D eigenvalue weighted by atomic mass is 10.2. The minimum Gasteiger partial charge on any atom is -0.460 e. The Morgan fingerprint density at radius 3 is 2.77 bits per heavy atom. The van der Waals surface area contributed by atoms with E-state index in [0.29, 0.717) is 6.07 Å². The first kappa shape index (κ1) is 15.7. The van der Waals surface area contributed by atoms with E-state index in [4.69, 9.17) is 9.47 Å². The summed E-state index contributed by atoms with van der Waals surface area (Å²) in [7, 11) is 0. The molecule has 0 aliphatic heterocycles. The van der Waals surface area contributed by atoms with Crippen LogP contribution in [0.1, 0.15) is 13.8 Å². The van der Waals surface area contributed by atoms with Crippen molar-refractivity contribution in [3.8, 4) is 17.4 Å². The van der Waals surface area contributed by atoms with Crippen LogP contribution in [0, 0.1) is 11.6 Å². The molecule has 2 rings (SSSR count).